The van der Waals surface area contributed by atoms with Crippen LogP contribution in [-0.4, -0.2) is 23.8 Å². The molecule has 1 heterocycles. The van der Waals surface area contributed by atoms with Gasteiger partial charge >= 0.3 is 0 Å². The van der Waals surface area contributed by atoms with Crippen molar-refractivity contribution in [1.82, 2.24) is 0 Å². The van der Waals surface area contributed by atoms with E-state index in [1.54, 1.807) is 6.08 Å². The minimum atomic E-state index is -0.407. The van der Waals surface area contributed by atoms with Crippen LogP contribution in [0, 0.1) is 11.3 Å². The molecule has 0 aromatic carbocycles. The summed E-state index contributed by atoms with van der Waals surface area (Å²) < 4.78 is 5.80. The van der Waals surface area contributed by atoms with Crippen LogP contribution in [0.2, 0.25) is 0 Å². The second-order valence-electron chi connectivity index (χ2n) is 5.60. The third-order valence-electron chi connectivity index (χ3n) is 3.81. The van der Waals surface area contributed by atoms with Crippen LogP contribution >= 0.6 is 0 Å². The third kappa shape index (κ3) is 1.73. The Morgan fingerprint density at radius 2 is 2.12 bits per heavy atom. The van der Waals surface area contributed by atoms with E-state index in [-0.39, 0.29) is 22.9 Å². The number of ketones is 2. The van der Waals surface area contributed by atoms with Gasteiger partial charge in [-0.1, -0.05) is 13.0 Å². The number of carbonyl (C=O) groups excluding carboxylic acids is 2. The van der Waals surface area contributed by atoms with Gasteiger partial charge in [-0.2, -0.15) is 0 Å². The SMILES string of the molecule is CC(=O)C=CC1C2(C)COC1(C)CC(=O)C2. The van der Waals surface area contributed by atoms with Crippen LogP contribution in [0.3, 0.4) is 0 Å². The highest BCUT2D eigenvalue weighted by Crippen LogP contribution is 2.53. The van der Waals surface area contributed by atoms with Gasteiger partial charge in [-0.15, -0.1) is 0 Å². The second kappa shape index (κ2) is 3.52. The van der Waals surface area contributed by atoms with E-state index in [0.717, 1.165) is 0 Å². The van der Waals surface area contributed by atoms with Crippen molar-refractivity contribution in [2.24, 2.45) is 11.3 Å². The Hall–Kier alpha value is -0.960. The van der Waals surface area contributed by atoms with E-state index in [0.29, 0.717) is 19.4 Å². The van der Waals surface area contributed by atoms with Gasteiger partial charge in [0.1, 0.15) is 5.78 Å². The van der Waals surface area contributed by atoms with Gasteiger partial charge in [0.25, 0.3) is 0 Å². The smallest absolute Gasteiger partial charge is 0.152 e. The molecule has 1 saturated carbocycles. The maximum absolute atomic E-state index is 11.6. The van der Waals surface area contributed by atoms with E-state index in [2.05, 4.69) is 6.92 Å². The summed E-state index contributed by atoms with van der Waals surface area (Å²) in [5.74, 6) is 0.486. The summed E-state index contributed by atoms with van der Waals surface area (Å²) in [6.07, 6.45) is 4.57. The summed E-state index contributed by atoms with van der Waals surface area (Å²) in [5.41, 5.74) is -0.536. The van der Waals surface area contributed by atoms with Gasteiger partial charge in [0.05, 0.1) is 12.2 Å². The first-order valence-electron chi connectivity index (χ1n) is 5.70. The molecule has 1 saturated heterocycles. The van der Waals surface area contributed by atoms with Crippen LogP contribution < -0.4 is 0 Å². The van der Waals surface area contributed by atoms with E-state index in [1.807, 2.05) is 13.0 Å². The van der Waals surface area contributed by atoms with E-state index in [1.165, 1.54) is 6.92 Å². The second-order valence-corrected chi connectivity index (χ2v) is 5.60. The minimum Gasteiger partial charge on any atom is -0.374 e. The van der Waals surface area contributed by atoms with Gasteiger partial charge in [0.15, 0.2) is 5.78 Å². The summed E-state index contributed by atoms with van der Waals surface area (Å²) in [7, 11) is 0. The zero-order chi connectivity index (χ0) is 12.0. The Kier molecular flexibility index (Phi) is 2.54. The zero-order valence-corrected chi connectivity index (χ0v) is 10.1. The van der Waals surface area contributed by atoms with Gasteiger partial charge in [0.2, 0.25) is 0 Å². The Balaban J connectivity index is 2.31. The van der Waals surface area contributed by atoms with Crippen molar-refractivity contribution in [3.63, 3.8) is 0 Å². The summed E-state index contributed by atoms with van der Waals surface area (Å²) in [6.45, 7) is 6.20. The van der Waals surface area contributed by atoms with Crippen molar-refractivity contribution in [1.29, 1.82) is 0 Å². The molecule has 2 rings (SSSR count). The average Bonchev–Trinajstić information content (AvgIpc) is 2.27. The van der Waals surface area contributed by atoms with Gasteiger partial charge < -0.3 is 4.74 Å². The van der Waals surface area contributed by atoms with Crippen molar-refractivity contribution in [2.45, 2.75) is 39.2 Å². The summed E-state index contributed by atoms with van der Waals surface area (Å²) >= 11 is 0. The van der Waals surface area contributed by atoms with Gasteiger partial charge in [-0.3, -0.25) is 9.59 Å². The number of hydrogen-bond donors (Lipinski definition) is 0. The number of Topliss-reactive ketones (excluding diaryl/α,β-unsaturated/α-hetero) is 1. The molecule has 0 N–H and O–H groups in total. The highest BCUT2D eigenvalue weighted by atomic mass is 16.5. The Morgan fingerprint density at radius 1 is 1.44 bits per heavy atom. The standard InChI is InChI=1S/C13H18O3/c1-9(14)4-5-11-12(2)6-10(15)7-13(11,3)16-8-12/h4-5,11H,6-8H2,1-3H3. The minimum absolute atomic E-state index is 0.0449. The molecule has 3 unspecified atom stereocenters. The van der Waals surface area contributed by atoms with Crippen molar-refractivity contribution < 1.29 is 14.3 Å². The lowest BCUT2D eigenvalue weighted by atomic mass is 9.63. The fourth-order valence-corrected chi connectivity index (χ4v) is 3.14. The topological polar surface area (TPSA) is 43.4 Å². The first-order valence-corrected chi connectivity index (χ1v) is 5.70. The molecule has 0 spiro atoms. The molecule has 3 nitrogen and oxygen atoms in total. The zero-order valence-electron chi connectivity index (χ0n) is 10.1. The fourth-order valence-electron chi connectivity index (χ4n) is 3.14. The van der Waals surface area contributed by atoms with Crippen molar-refractivity contribution in [2.75, 3.05) is 6.61 Å². The van der Waals surface area contributed by atoms with E-state index >= 15 is 0 Å². The largest absolute Gasteiger partial charge is 0.374 e. The van der Waals surface area contributed by atoms with Gasteiger partial charge in [0, 0.05) is 24.2 Å². The molecule has 0 amide bonds. The summed E-state index contributed by atoms with van der Waals surface area (Å²) in [5, 5.41) is 0. The van der Waals surface area contributed by atoms with Crippen LogP contribution in [0.25, 0.3) is 0 Å². The normalized spacial score (nSPS) is 42.9. The molecule has 16 heavy (non-hydrogen) atoms. The third-order valence-corrected chi connectivity index (χ3v) is 3.81. The predicted octanol–water partition coefficient (Wildman–Crippen LogP) is 1.91. The van der Waals surface area contributed by atoms with E-state index < -0.39 is 5.60 Å². The van der Waals surface area contributed by atoms with E-state index in [4.69, 9.17) is 4.74 Å². The fraction of sp³-hybridized carbons (Fsp3) is 0.692. The molecule has 0 radical (unpaired) electrons. The quantitative estimate of drug-likeness (QED) is 0.670. The van der Waals surface area contributed by atoms with E-state index in [9.17, 15) is 9.59 Å². The highest BCUT2D eigenvalue weighted by molar-refractivity contribution is 5.87. The molecule has 2 bridgehead atoms. The number of rotatable bonds is 2. The summed E-state index contributed by atoms with van der Waals surface area (Å²) in [6, 6.07) is 0. The maximum atomic E-state index is 11.6. The van der Waals surface area contributed by atoms with Crippen LogP contribution in [0.1, 0.15) is 33.6 Å². The predicted molar refractivity (Wildman–Crippen MR) is 60.0 cm³/mol. The van der Waals surface area contributed by atoms with Gasteiger partial charge in [-0.25, -0.2) is 0 Å². The number of fused-ring (bicyclic) bond motifs is 2. The number of ether oxygens (including phenoxy) is 1. The molecule has 2 fully saturated rings. The first-order chi connectivity index (χ1) is 7.36. The van der Waals surface area contributed by atoms with Crippen LogP contribution in [-0.2, 0) is 14.3 Å². The molecule has 0 aromatic heterocycles. The number of carbonyl (C=O) groups is 2. The molecule has 0 aromatic rings. The molecular formula is C13H18O3. The lowest BCUT2D eigenvalue weighted by Gasteiger charge is -2.39. The molecule has 3 heteroatoms. The molecule has 1 aliphatic carbocycles. The maximum Gasteiger partial charge on any atom is 0.152 e. The molecule has 3 atom stereocenters. The van der Waals surface area contributed by atoms with Crippen molar-refractivity contribution in [3.05, 3.63) is 12.2 Å². The Bertz CT molecular complexity index is 349. The van der Waals surface area contributed by atoms with Crippen molar-refractivity contribution >= 4 is 11.6 Å². The summed E-state index contributed by atoms with van der Waals surface area (Å²) in [4.78, 5) is 22.6. The lowest BCUT2D eigenvalue weighted by molar-refractivity contribution is -0.128. The number of allylic oxidation sites excluding steroid dienone is 1. The van der Waals surface area contributed by atoms with Crippen molar-refractivity contribution in [3.8, 4) is 0 Å². The molecule has 2 aliphatic rings. The molecule has 1 aliphatic heterocycles. The van der Waals surface area contributed by atoms with Crippen LogP contribution in [0.4, 0.5) is 0 Å². The monoisotopic (exact) mass is 222 g/mol. The Morgan fingerprint density at radius 3 is 2.69 bits per heavy atom. The van der Waals surface area contributed by atoms with Crippen LogP contribution in [0.15, 0.2) is 12.2 Å². The Labute approximate surface area is 95.9 Å². The first kappa shape index (κ1) is 11.5. The lowest BCUT2D eigenvalue weighted by Crippen LogP contribution is -2.44. The molecule has 88 valence electrons. The number of hydrogen-bond acceptors (Lipinski definition) is 3. The molecular weight excluding hydrogens is 204 g/mol. The van der Waals surface area contributed by atoms with Gasteiger partial charge in [-0.05, 0) is 19.9 Å². The highest BCUT2D eigenvalue weighted by Gasteiger charge is 2.57. The average molecular weight is 222 g/mol. The van der Waals surface area contributed by atoms with Crippen LogP contribution in [0.5, 0.6) is 0 Å².